The van der Waals surface area contributed by atoms with Gasteiger partial charge in [0.2, 0.25) is 0 Å². The number of terminal acetylenes is 1. The molecule has 0 amide bonds. The van der Waals surface area contributed by atoms with E-state index in [-0.39, 0.29) is 22.9 Å². The molecule has 3 heteroatoms. The maximum Gasteiger partial charge on any atom is 0.197 e. The highest BCUT2D eigenvalue weighted by atomic mass is 16.3. The van der Waals surface area contributed by atoms with Gasteiger partial charge in [0.1, 0.15) is 5.75 Å². The Labute approximate surface area is 121 Å². The predicted octanol–water partition coefficient (Wildman–Crippen LogP) is 2.84. The Hall–Kier alpha value is -3.12. The van der Waals surface area contributed by atoms with Gasteiger partial charge in [-0.1, -0.05) is 18.1 Å². The van der Waals surface area contributed by atoms with Crippen LogP contribution in [0.3, 0.4) is 0 Å². The molecule has 0 aliphatic heterocycles. The van der Waals surface area contributed by atoms with E-state index in [0.717, 1.165) is 0 Å². The zero-order chi connectivity index (χ0) is 15.0. The van der Waals surface area contributed by atoms with E-state index < -0.39 is 0 Å². The topological polar surface area (TPSA) is 54.4 Å². The molecule has 0 fully saturated rings. The number of hydrogen-bond acceptors (Lipinski definition) is 3. The van der Waals surface area contributed by atoms with Gasteiger partial charge in [-0.2, -0.15) is 0 Å². The third kappa shape index (κ3) is 2.13. The van der Waals surface area contributed by atoms with Crippen molar-refractivity contribution >= 4 is 17.6 Å². The maximum atomic E-state index is 12.3. The molecule has 3 nitrogen and oxygen atoms in total. The van der Waals surface area contributed by atoms with Crippen LogP contribution >= 0.6 is 0 Å². The number of carbonyl (C=O) groups is 2. The molecule has 0 bridgehead atoms. The number of allylic oxidation sites excluding steroid dienone is 1. The Morgan fingerprint density at radius 1 is 1.00 bits per heavy atom. The van der Waals surface area contributed by atoms with Gasteiger partial charge in [0.05, 0.1) is 5.57 Å². The molecule has 0 spiro atoms. The third-order valence-corrected chi connectivity index (χ3v) is 3.35. The SMILES string of the molecule is C#Cc1ccc2c(c1)C(=O)/C(=C/c1cccc(O)c1)C2=O. The Bertz CT molecular complexity index is 851. The van der Waals surface area contributed by atoms with Crippen LogP contribution in [0.15, 0.2) is 48.0 Å². The molecule has 0 heterocycles. The lowest BCUT2D eigenvalue weighted by Crippen LogP contribution is -2.00. The van der Waals surface area contributed by atoms with Crippen molar-refractivity contribution in [2.24, 2.45) is 0 Å². The lowest BCUT2D eigenvalue weighted by Gasteiger charge is -1.97. The number of hydrogen-bond donors (Lipinski definition) is 1. The van der Waals surface area contributed by atoms with Crippen molar-refractivity contribution in [1.29, 1.82) is 0 Å². The summed E-state index contributed by atoms with van der Waals surface area (Å²) in [5, 5.41) is 9.44. The molecule has 2 aromatic carbocycles. The molecule has 0 aromatic heterocycles. The molecule has 0 unspecified atom stereocenters. The van der Waals surface area contributed by atoms with Crippen LogP contribution < -0.4 is 0 Å². The van der Waals surface area contributed by atoms with Crippen LogP contribution in [0.2, 0.25) is 0 Å². The highest BCUT2D eigenvalue weighted by molar-refractivity contribution is 6.41. The number of phenols is 1. The first-order valence-corrected chi connectivity index (χ1v) is 6.31. The van der Waals surface area contributed by atoms with Crippen LogP contribution in [-0.2, 0) is 0 Å². The Kier molecular flexibility index (Phi) is 2.93. The fraction of sp³-hybridized carbons (Fsp3) is 0. The molecule has 2 aromatic rings. The summed E-state index contributed by atoms with van der Waals surface area (Å²) in [4.78, 5) is 24.6. The number of rotatable bonds is 1. The van der Waals surface area contributed by atoms with Crippen LogP contribution in [0.5, 0.6) is 5.75 Å². The summed E-state index contributed by atoms with van der Waals surface area (Å²) in [6.45, 7) is 0. The Morgan fingerprint density at radius 3 is 2.48 bits per heavy atom. The minimum Gasteiger partial charge on any atom is -0.508 e. The third-order valence-electron chi connectivity index (χ3n) is 3.35. The second kappa shape index (κ2) is 4.77. The van der Waals surface area contributed by atoms with E-state index in [1.807, 2.05) is 0 Å². The predicted molar refractivity (Wildman–Crippen MR) is 79.1 cm³/mol. The number of benzene rings is 2. The normalized spacial score (nSPS) is 15.1. The molecule has 21 heavy (non-hydrogen) atoms. The lowest BCUT2D eigenvalue weighted by molar-refractivity contribution is 0.0990. The van der Waals surface area contributed by atoms with Gasteiger partial charge in [-0.05, 0) is 42.0 Å². The highest BCUT2D eigenvalue weighted by Gasteiger charge is 2.33. The fourth-order valence-corrected chi connectivity index (χ4v) is 2.33. The molecule has 0 atom stereocenters. The zero-order valence-electron chi connectivity index (χ0n) is 11.0. The quantitative estimate of drug-likeness (QED) is 0.494. The average molecular weight is 274 g/mol. The number of phenolic OH excluding ortho intramolecular Hbond substituents is 1. The van der Waals surface area contributed by atoms with Gasteiger partial charge in [-0.15, -0.1) is 6.42 Å². The molecular formula is C18H10O3. The first-order chi connectivity index (χ1) is 10.1. The molecule has 100 valence electrons. The molecule has 0 saturated carbocycles. The summed E-state index contributed by atoms with van der Waals surface area (Å²) in [7, 11) is 0. The van der Waals surface area contributed by atoms with Crippen molar-refractivity contribution in [3.05, 3.63) is 70.3 Å². The van der Waals surface area contributed by atoms with Gasteiger partial charge < -0.3 is 5.11 Å². The van der Waals surface area contributed by atoms with E-state index in [4.69, 9.17) is 6.42 Å². The summed E-state index contributed by atoms with van der Waals surface area (Å²) in [5.41, 5.74) is 1.95. The minimum absolute atomic E-state index is 0.0781. The molecule has 0 saturated heterocycles. The number of carbonyl (C=O) groups excluding carboxylic acids is 2. The summed E-state index contributed by atoms with van der Waals surface area (Å²) >= 11 is 0. The second-order valence-corrected chi connectivity index (χ2v) is 4.72. The van der Waals surface area contributed by atoms with Gasteiger partial charge in [-0.25, -0.2) is 0 Å². The van der Waals surface area contributed by atoms with Crippen molar-refractivity contribution in [2.45, 2.75) is 0 Å². The summed E-state index contributed by atoms with van der Waals surface area (Å²) in [6, 6.07) is 11.1. The van der Waals surface area contributed by atoms with E-state index in [1.165, 1.54) is 18.2 Å². The first-order valence-electron chi connectivity index (χ1n) is 6.31. The van der Waals surface area contributed by atoms with Crippen molar-refractivity contribution in [3.63, 3.8) is 0 Å². The monoisotopic (exact) mass is 274 g/mol. The van der Waals surface area contributed by atoms with Gasteiger partial charge in [0.15, 0.2) is 11.6 Å². The van der Waals surface area contributed by atoms with Crippen LogP contribution in [0.4, 0.5) is 0 Å². The Morgan fingerprint density at radius 2 is 1.76 bits per heavy atom. The minimum atomic E-state index is -0.338. The molecule has 1 N–H and O–H groups in total. The highest BCUT2D eigenvalue weighted by Crippen LogP contribution is 2.29. The van der Waals surface area contributed by atoms with E-state index in [2.05, 4.69) is 5.92 Å². The summed E-state index contributed by atoms with van der Waals surface area (Å²) < 4.78 is 0. The number of fused-ring (bicyclic) bond motifs is 1. The number of ketones is 2. The van der Waals surface area contributed by atoms with Crippen molar-refractivity contribution in [3.8, 4) is 18.1 Å². The van der Waals surface area contributed by atoms with Crippen LogP contribution in [0.1, 0.15) is 31.8 Å². The molecule has 1 aliphatic carbocycles. The van der Waals surface area contributed by atoms with Gasteiger partial charge in [-0.3, -0.25) is 9.59 Å². The number of Topliss-reactive ketones (excluding diaryl/α,β-unsaturated/α-hetero) is 2. The zero-order valence-corrected chi connectivity index (χ0v) is 11.0. The van der Waals surface area contributed by atoms with Crippen LogP contribution in [0.25, 0.3) is 6.08 Å². The standard InChI is InChI=1S/C18H10O3/c1-2-11-6-7-14-15(9-11)18(21)16(17(14)20)10-12-4-3-5-13(19)8-12/h1,3-10,19H/b16-10+. The summed E-state index contributed by atoms with van der Waals surface area (Å²) in [6.07, 6.45) is 6.80. The molecule has 1 aliphatic rings. The molecule has 3 rings (SSSR count). The van der Waals surface area contributed by atoms with E-state index in [1.54, 1.807) is 30.3 Å². The number of aromatic hydroxyl groups is 1. The fourth-order valence-electron chi connectivity index (χ4n) is 2.33. The van der Waals surface area contributed by atoms with Crippen molar-refractivity contribution in [2.75, 3.05) is 0 Å². The van der Waals surface area contributed by atoms with Crippen LogP contribution in [-0.4, -0.2) is 16.7 Å². The summed E-state index contributed by atoms with van der Waals surface area (Å²) in [5.74, 6) is 1.87. The van der Waals surface area contributed by atoms with Crippen LogP contribution in [0, 0.1) is 12.3 Å². The van der Waals surface area contributed by atoms with Gasteiger partial charge >= 0.3 is 0 Å². The smallest absolute Gasteiger partial charge is 0.197 e. The van der Waals surface area contributed by atoms with Gasteiger partial charge in [0.25, 0.3) is 0 Å². The van der Waals surface area contributed by atoms with Crippen molar-refractivity contribution in [1.82, 2.24) is 0 Å². The first kappa shape index (κ1) is 12.9. The van der Waals surface area contributed by atoms with Crippen molar-refractivity contribution < 1.29 is 14.7 Å². The lowest BCUT2D eigenvalue weighted by atomic mass is 10.1. The van der Waals surface area contributed by atoms with Gasteiger partial charge in [0, 0.05) is 16.7 Å². The van der Waals surface area contributed by atoms with E-state index in [0.29, 0.717) is 22.3 Å². The molecular weight excluding hydrogens is 264 g/mol. The Balaban J connectivity index is 2.10. The van der Waals surface area contributed by atoms with E-state index >= 15 is 0 Å². The van der Waals surface area contributed by atoms with E-state index in [9.17, 15) is 14.7 Å². The largest absolute Gasteiger partial charge is 0.508 e. The molecule has 0 radical (unpaired) electrons. The second-order valence-electron chi connectivity index (χ2n) is 4.72. The average Bonchev–Trinajstić information content (AvgIpc) is 2.72. The maximum absolute atomic E-state index is 12.3.